The van der Waals surface area contributed by atoms with Crippen LogP contribution in [0.3, 0.4) is 0 Å². The van der Waals surface area contributed by atoms with Crippen LogP contribution in [0.1, 0.15) is 96.5 Å². The van der Waals surface area contributed by atoms with E-state index in [1.165, 1.54) is 22.3 Å². The van der Waals surface area contributed by atoms with Crippen LogP contribution in [0.5, 0.6) is 11.5 Å². The Morgan fingerprint density at radius 3 is 2.55 bits per heavy atom. The Kier molecular flexibility index (Phi) is 14.1. The number of aromatic nitrogens is 2. The lowest BCUT2D eigenvalue weighted by Crippen LogP contribution is -2.46. The number of carbonyl (C=O) groups is 3. The number of hydrogen-bond donors (Lipinski definition) is 2. The number of anilines is 1. The van der Waals surface area contributed by atoms with Gasteiger partial charge in [0.1, 0.15) is 41.0 Å². The van der Waals surface area contributed by atoms with Crippen LogP contribution in [-0.4, -0.2) is 93.7 Å². The van der Waals surface area contributed by atoms with Crippen molar-refractivity contribution in [3.8, 4) is 22.9 Å². The van der Waals surface area contributed by atoms with Crippen molar-refractivity contribution in [2.24, 2.45) is 11.8 Å². The number of benzene rings is 2. The smallest absolute Gasteiger partial charge is 0.306 e. The molecular formula is C47H57F2N4O9PS. The molecule has 4 fully saturated rings. The average molecular weight is 923 g/mol. The molecule has 1 amide bonds. The molecule has 0 bridgehead atoms. The van der Waals surface area contributed by atoms with Crippen LogP contribution < -0.4 is 14.8 Å². The first-order valence-electron chi connectivity index (χ1n) is 22.5. The van der Waals surface area contributed by atoms with E-state index < -0.39 is 71.6 Å². The van der Waals surface area contributed by atoms with Crippen LogP contribution in [0.25, 0.3) is 22.3 Å². The molecule has 0 radical (unpaired) electrons. The molecule has 4 aromatic rings. The maximum atomic E-state index is 15.0. The minimum absolute atomic E-state index is 0.0362. The number of ether oxygens (including phenoxy) is 4. The van der Waals surface area contributed by atoms with Gasteiger partial charge in [-0.3, -0.25) is 18.9 Å². The van der Waals surface area contributed by atoms with Gasteiger partial charge in [0.25, 0.3) is 0 Å². The van der Waals surface area contributed by atoms with Gasteiger partial charge in [-0.05, 0) is 89.0 Å². The van der Waals surface area contributed by atoms with Crippen LogP contribution in [0.2, 0.25) is 0 Å². The van der Waals surface area contributed by atoms with Gasteiger partial charge < -0.3 is 34.1 Å². The van der Waals surface area contributed by atoms with Gasteiger partial charge in [0, 0.05) is 54.0 Å². The molecule has 64 heavy (non-hydrogen) atoms. The van der Waals surface area contributed by atoms with Crippen molar-refractivity contribution in [1.29, 1.82) is 0 Å². The van der Waals surface area contributed by atoms with Crippen LogP contribution in [-0.2, 0) is 34.6 Å². The van der Waals surface area contributed by atoms with Gasteiger partial charge in [-0.25, -0.2) is 18.7 Å². The maximum absolute atomic E-state index is 15.0. The number of nitrogens with one attached hydrogen (secondary N) is 1. The summed E-state index contributed by atoms with van der Waals surface area (Å²) in [7, 11) is -2.88. The molecular weight excluding hydrogens is 866 g/mol. The van der Waals surface area contributed by atoms with Gasteiger partial charge in [-0.15, -0.1) is 11.3 Å². The third kappa shape index (κ3) is 10.1. The van der Waals surface area contributed by atoms with Gasteiger partial charge in [-0.1, -0.05) is 18.9 Å². The first-order chi connectivity index (χ1) is 30.7. The minimum atomic E-state index is -4.44. The maximum Gasteiger partial charge on any atom is 0.306 e. The quantitative estimate of drug-likeness (QED) is 0.102. The molecule has 2 aromatic heterocycles. The fraction of sp³-hybridized carbons (Fsp3) is 0.553. The third-order valence-electron chi connectivity index (χ3n) is 13.2. The van der Waals surface area contributed by atoms with Gasteiger partial charge >= 0.3 is 5.97 Å². The second-order valence-corrected chi connectivity index (χ2v) is 21.6. The summed E-state index contributed by atoms with van der Waals surface area (Å²) < 4.78 is 68.7. The van der Waals surface area contributed by atoms with Gasteiger partial charge in [0.15, 0.2) is 10.9 Å². The van der Waals surface area contributed by atoms with E-state index in [0.29, 0.717) is 59.7 Å². The van der Waals surface area contributed by atoms with Crippen LogP contribution in [0, 0.1) is 23.5 Å². The molecule has 17 heteroatoms. The van der Waals surface area contributed by atoms with Crippen LogP contribution in [0.4, 0.5) is 13.9 Å². The number of esters is 1. The highest BCUT2D eigenvalue weighted by Crippen LogP contribution is 2.75. The lowest BCUT2D eigenvalue weighted by atomic mass is 9.99. The van der Waals surface area contributed by atoms with E-state index in [0.717, 1.165) is 49.4 Å². The molecule has 2 saturated carbocycles. The molecule has 13 nitrogen and oxygen atoms in total. The molecule has 4 heterocycles. The highest BCUT2D eigenvalue weighted by Gasteiger charge is 2.66. The highest BCUT2D eigenvalue weighted by atomic mass is 32.1. The minimum Gasteiger partial charge on any atom is -0.497 e. The summed E-state index contributed by atoms with van der Waals surface area (Å²) >= 11 is 1.44. The molecule has 2 saturated heterocycles. The summed E-state index contributed by atoms with van der Waals surface area (Å²) in [6.45, 7) is 4.27. The number of halogens is 2. The molecule has 8 rings (SSSR count). The summed E-state index contributed by atoms with van der Waals surface area (Å²) in [6.07, 6.45) is 4.01. The first kappa shape index (κ1) is 46.0. The molecule has 0 spiro atoms. The molecule has 2 aliphatic heterocycles. The van der Waals surface area contributed by atoms with Gasteiger partial charge in [0.05, 0.1) is 61.2 Å². The van der Waals surface area contributed by atoms with Gasteiger partial charge in [0.2, 0.25) is 13.3 Å². The number of carbonyl (C=O) groups excluding carboxylic acids is 3. The van der Waals surface area contributed by atoms with Crippen LogP contribution >= 0.6 is 18.7 Å². The van der Waals surface area contributed by atoms with E-state index in [1.54, 1.807) is 25.3 Å². The van der Waals surface area contributed by atoms with E-state index in [1.807, 2.05) is 25.3 Å². The predicted molar refractivity (Wildman–Crippen MR) is 239 cm³/mol. The normalized spacial score (nSPS) is 25.6. The monoisotopic (exact) mass is 922 g/mol. The van der Waals surface area contributed by atoms with E-state index in [-0.39, 0.29) is 56.9 Å². The van der Waals surface area contributed by atoms with Gasteiger partial charge in [-0.2, -0.15) is 0 Å². The SMILES string of the molecule is COc1ccc2c(O[C@@H]3C[C@H]4C(=O)C[C@]5(P(=O)(O)Cc6c(F)cccc6F)C[C@H]5CCCCCOC[C@H](CC(=O)OC5CCCC5)C(=O)N4C3)cc(-c3csc(NC(C)C)n3)nc2c1. The van der Waals surface area contributed by atoms with Crippen molar-refractivity contribution in [3.63, 3.8) is 0 Å². The molecule has 344 valence electrons. The fourth-order valence-corrected chi connectivity index (χ4v) is 13.2. The zero-order chi connectivity index (χ0) is 45.2. The Bertz CT molecular complexity index is 2390. The molecule has 4 aliphatic rings. The van der Waals surface area contributed by atoms with Crippen molar-refractivity contribution in [2.75, 3.05) is 32.2 Å². The van der Waals surface area contributed by atoms with Crippen molar-refractivity contribution in [3.05, 3.63) is 65.0 Å². The molecule has 1 unspecified atom stereocenters. The number of fused-ring (bicyclic) bond motifs is 3. The first-order valence-corrected chi connectivity index (χ1v) is 25.2. The Hall–Kier alpha value is -4.50. The zero-order valence-corrected chi connectivity index (χ0v) is 38.3. The van der Waals surface area contributed by atoms with E-state index in [2.05, 4.69) is 5.32 Å². The Balaban J connectivity index is 1.13. The number of Topliss-reactive ketones (excluding diaryl/α,β-unsaturated/α-hetero) is 1. The van der Waals surface area contributed by atoms with E-state index >= 15 is 0 Å². The highest BCUT2D eigenvalue weighted by molar-refractivity contribution is 7.59. The van der Waals surface area contributed by atoms with E-state index in [9.17, 15) is 32.6 Å². The number of nitrogens with zero attached hydrogens (tertiary/aromatic N) is 3. The standard InChI is InChI=1S/C47H57F2N4O9PS/c1-28(2)50-46-52-40(27-64-46)39-21-43(34-16-15-32(59-3)19-38(34)51-39)61-33-20-41-42(54)23-47(63(57,58)26-35-36(48)13-9-14-37(35)49)22-30(47)10-5-4-8-17-60-25-29(45(56)53(41)24-33)18-44(55)62-31-11-6-7-12-31/h9,13-16,19,21,27-31,33,41H,4-8,10-12,17-18,20,22-26H2,1-3H3,(H,50,52)(H,57,58)/t29-,30+,33+,41-,47+/m0/s1. The van der Waals surface area contributed by atoms with Crippen LogP contribution in [0.15, 0.2) is 47.8 Å². The molecule has 6 atom stereocenters. The van der Waals surface area contributed by atoms with E-state index in [4.69, 9.17) is 28.9 Å². The molecule has 2 aliphatic carbocycles. The fourth-order valence-electron chi connectivity index (χ4n) is 9.72. The zero-order valence-electron chi connectivity index (χ0n) is 36.6. The Morgan fingerprint density at radius 1 is 1.03 bits per heavy atom. The number of ketones is 1. The summed E-state index contributed by atoms with van der Waals surface area (Å²) in [6, 6.07) is 9.55. The topological polar surface area (TPSA) is 166 Å². The predicted octanol–water partition coefficient (Wildman–Crippen LogP) is 9.08. The second-order valence-electron chi connectivity index (χ2n) is 18.1. The van der Waals surface area contributed by atoms with Crippen molar-refractivity contribution in [1.82, 2.24) is 14.9 Å². The number of hydrogen-bond acceptors (Lipinski definition) is 12. The largest absolute Gasteiger partial charge is 0.497 e. The Morgan fingerprint density at radius 2 is 1.80 bits per heavy atom. The second kappa shape index (κ2) is 19.5. The number of pyridine rings is 1. The van der Waals surface area contributed by atoms with Crippen molar-refractivity contribution >= 4 is 52.4 Å². The Labute approximate surface area is 376 Å². The van der Waals surface area contributed by atoms with Crippen molar-refractivity contribution < 1.29 is 51.6 Å². The molecule has 2 N–H and O–H groups in total. The third-order valence-corrected chi connectivity index (χ3v) is 16.8. The summed E-state index contributed by atoms with van der Waals surface area (Å²) in [5, 5.41) is 5.17. The summed E-state index contributed by atoms with van der Waals surface area (Å²) in [5.74, 6) is -3.60. The number of methoxy groups -OCH3 is 1. The van der Waals surface area contributed by atoms with Crippen molar-refractivity contribution in [2.45, 2.75) is 127 Å². The number of amides is 1. The lowest BCUT2D eigenvalue weighted by Gasteiger charge is -2.30. The summed E-state index contributed by atoms with van der Waals surface area (Å²) in [4.78, 5) is 66.2. The lowest BCUT2D eigenvalue weighted by molar-refractivity contribution is -0.155. The number of thiazole rings is 1. The summed E-state index contributed by atoms with van der Waals surface area (Å²) in [5.41, 5.74) is 1.24. The average Bonchev–Trinajstić information content (AvgIpc) is 3.67. The molecule has 2 aromatic carbocycles. The number of rotatable bonds is 12.